The first-order chi connectivity index (χ1) is 8.77. The molecule has 0 spiro atoms. The third kappa shape index (κ3) is 1.84. The third-order valence-electron chi connectivity index (χ3n) is 3.09. The van der Waals surface area contributed by atoms with E-state index in [1.165, 1.54) is 9.65 Å². The summed E-state index contributed by atoms with van der Waals surface area (Å²) in [6.07, 6.45) is 0. The Bertz CT molecular complexity index is 710. The van der Waals surface area contributed by atoms with Gasteiger partial charge in [-0.15, -0.1) is 0 Å². The molecule has 0 aliphatic carbocycles. The first-order valence-electron chi connectivity index (χ1n) is 5.85. The first-order valence-corrected chi connectivity index (χ1v) is 7.56. The van der Waals surface area contributed by atoms with Crippen molar-refractivity contribution in [2.24, 2.45) is 0 Å². The van der Waals surface area contributed by atoms with E-state index in [0.717, 1.165) is 15.6 Å². The molecule has 2 aromatic carbocycles. The average Bonchev–Trinajstić information content (AvgIpc) is 2.77. The molecule has 0 N–H and O–H groups in total. The van der Waals surface area contributed by atoms with Gasteiger partial charge in [0.15, 0.2) is 0 Å². The summed E-state index contributed by atoms with van der Waals surface area (Å²) in [5.74, 6) is 0.185. The molecule has 0 aliphatic rings. The predicted molar refractivity (Wildman–Crippen MR) is 75.5 cm³/mol. The number of hydrogen-bond acceptors (Lipinski definition) is 1. The van der Waals surface area contributed by atoms with Crippen LogP contribution in [-0.2, 0) is 0 Å². The van der Waals surface area contributed by atoms with Gasteiger partial charge in [0.05, 0.1) is 0 Å². The van der Waals surface area contributed by atoms with E-state index in [1.807, 2.05) is 42.5 Å². The second-order valence-electron chi connectivity index (χ2n) is 4.25. The van der Waals surface area contributed by atoms with Gasteiger partial charge in [-0.1, -0.05) is 0 Å². The molecule has 1 aromatic heterocycles. The zero-order valence-electron chi connectivity index (χ0n) is 10.0. The molecule has 0 saturated heterocycles. The summed E-state index contributed by atoms with van der Waals surface area (Å²) in [5.41, 5.74) is 1.95. The van der Waals surface area contributed by atoms with Crippen LogP contribution in [-0.4, -0.2) is 20.3 Å². The monoisotopic (exact) mass is 300 g/mol. The van der Waals surface area contributed by atoms with Crippen molar-refractivity contribution in [1.82, 2.24) is 0 Å². The maximum atomic E-state index is 12.5. The number of aryl methyl sites for hydroxylation is 1. The van der Waals surface area contributed by atoms with Gasteiger partial charge < -0.3 is 0 Å². The first kappa shape index (κ1) is 11.5. The number of fused-ring (bicyclic) bond motifs is 1. The summed E-state index contributed by atoms with van der Waals surface area (Å²) < 4.78 is 2.32. The van der Waals surface area contributed by atoms with Crippen LogP contribution in [0.1, 0.15) is 20.4 Å². The van der Waals surface area contributed by atoms with Gasteiger partial charge in [-0.05, 0) is 0 Å². The zero-order chi connectivity index (χ0) is 12.5. The van der Waals surface area contributed by atoms with Crippen LogP contribution in [0.25, 0.3) is 9.65 Å². The molecular formula is C16H12OSe. The van der Waals surface area contributed by atoms with Crippen LogP contribution < -0.4 is 0 Å². The van der Waals surface area contributed by atoms with Crippen molar-refractivity contribution in [3.63, 3.8) is 0 Å². The van der Waals surface area contributed by atoms with E-state index in [9.17, 15) is 4.79 Å². The van der Waals surface area contributed by atoms with E-state index in [1.54, 1.807) is 0 Å². The fraction of sp³-hybridized carbons (Fsp3) is 0.0625. The number of carbonyl (C=O) groups excluding carboxylic acids is 1. The summed E-state index contributed by atoms with van der Waals surface area (Å²) in [7, 11) is 0. The molecule has 0 radical (unpaired) electrons. The standard InChI is InChI=1S/C16H12OSe/c1-11-13-9-5-6-10-14(13)18-16(11)15(17)12-7-3-2-4-8-12/h2-10H,1H3. The molecule has 0 amide bonds. The molecule has 18 heavy (non-hydrogen) atoms. The molecule has 0 unspecified atom stereocenters. The van der Waals surface area contributed by atoms with E-state index < -0.39 is 0 Å². The van der Waals surface area contributed by atoms with Crippen LogP contribution in [0.15, 0.2) is 54.6 Å². The number of hydrogen-bond donors (Lipinski definition) is 0. The molecule has 0 bridgehead atoms. The van der Waals surface area contributed by atoms with Gasteiger partial charge in [-0.25, -0.2) is 0 Å². The Morgan fingerprint density at radius 3 is 2.33 bits per heavy atom. The van der Waals surface area contributed by atoms with Gasteiger partial charge in [-0.2, -0.15) is 0 Å². The molecule has 1 nitrogen and oxygen atoms in total. The zero-order valence-corrected chi connectivity index (χ0v) is 11.7. The molecule has 0 fully saturated rings. The van der Waals surface area contributed by atoms with Crippen molar-refractivity contribution in [2.75, 3.05) is 0 Å². The van der Waals surface area contributed by atoms with Gasteiger partial charge in [0.1, 0.15) is 0 Å². The van der Waals surface area contributed by atoms with Crippen molar-refractivity contribution in [3.05, 3.63) is 70.2 Å². The fourth-order valence-electron chi connectivity index (χ4n) is 2.11. The number of carbonyl (C=O) groups is 1. The van der Waals surface area contributed by atoms with Crippen molar-refractivity contribution >= 4 is 29.9 Å². The van der Waals surface area contributed by atoms with Gasteiger partial charge in [-0.3, -0.25) is 0 Å². The Kier molecular flexibility index (Phi) is 2.91. The Morgan fingerprint density at radius 1 is 0.944 bits per heavy atom. The van der Waals surface area contributed by atoms with Crippen LogP contribution in [0, 0.1) is 6.92 Å². The van der Waals surface area contributed by atoms with Crippen molar-refractivity contribution < 1.29 is 4.79 Å². The summed E-state index contributed by atoms with van der Waals surface area (Å²) in [6, 6.07) is 17.9. The average molecular weight is 299 g/mol. The molecule has 0 saturated carbocycles. The van der Waals surface area contributed by atoms with Gasteiger partial charge in [0, 0.05) is 0 Å². The molecular weight excluding hydrogens is 287 g/mol. The SMILES string of the molecule is Cc1c(C(=O)c2ccccc2)[se]c2ccccc12. The van der Waals surface area contributed by atoms with Gasteiger partial charge >= 0.3 is 112 Å². The molecule has 1 heterocycles. The van der Waals surface area contributed by atoms with Crippen molar-refractivity contribution in [1.29, 1.82) is 0 Å². The second-order valence-corrected chi connectivity index (χ2v) is 6.46. The minimum atomic E-state index is 0.146. The molecule has 2 heteroatoms. The number of rotatable bonds is 2. The van der Waals surface area contributed by atoms with Gasteiger partial charge in [0.2, 0.25) is 0 Å². The Balaban J connectivity index is 2.15. The summed E-state index contributed by atoms with van der Waals surface area (Å²) in [5, 5.41) is 1.25. The summed E-state index contributed by atoms with van der Waals surface area (Å²) >= 11 is 0.146. The maximum absolute atomic E-state index is 12.5. The Morgan fingerprint density at radius 2 is 1.61 bits per heavy atom. The topological polar surface area (TPSA) is 17.1 Å². The van der Waals surface area contributed by atoms with Crippen LogP contribution >= 0.6 is 0 Å². The quantitative estimate of drug-likeness (QED) is 0.523. The van der Waals surface area contributed by atoms with Crippen LogP contribution in [0.3, 0.4) is 0 Å². The van der Waals surface area contributed by atoms with E-state index >= 15 is 0 Å². The molecule has 88 valence electrons. The molecule has 0 aliphatic heterocycles. The van der Waals surface area contributed by atoms with Crippen LogP contribution in [0.2, 0.25) is 0 Å². The summed E-state index contributed by atoms with van der Waals surface area (Å²) in [4.78, 5) is 12.5. The Labute approximate surface area is 112 Å². The second kappa shape index (κ2) is 4.56. The van der Waals surface area contributed by atoms with E-state index in [2.05, 4.69) is 19.1 Å². The predicted octanol–water partition coefficient (Wildman–Crippen LogP) is 3.44. The minimum absolute atomic E-state index is 0.146. The Hall–Kier alpha value is -1.63. The van der Waals surface area contributed by atoms with E-state index in [4.69, 9.17) is 0 Å². The van der Waals surface area contributed by atoms with Crippen LogP contribution in [0.4, 0.5) is 0 Å². The number of benzene rings is 2. The van der Waals surface area contributed by atoms with E-state index in [-0.39, 0.29) is 20.3 Å². The van der Waals surface area contributed by atoms with Gasteiger partial charge in [0.25, 0.3) is 0 Å². The fourth-order valence-corrected chi connectivity index (χ4v) is 4.57. The molecule has 3 aromatic rings. The van der Waals surface area contributed by atoms with Crippen LogP contribution in [0.5, 0.6) is 0 Å². The van der Waals surface area contributed by atoms with Crippen molar-refractivity contribution in [3.8, 4) is 0 Å². The van der Waals surface area contributed by atoms with Crippen molar-refractivity contribution in [2.45, 2.75) is 6.92 Å². The number of ketones is 1. The molecule has 3 rings (SSSR count). The van der Waals surface area contributed by atoms with E-state index in [0.29, 0.717) is 0 Å². The third-order valence-corrected chi connectivity index (χ3v) is 5.75. The summed E-state index contributed by atoms with van der Waals surface area (Å²) in [6.45, 7) is 2.06. The molecule has 0 atom stereocenters. The normalized spacial score (nSPS) is 10.7.